The molecule has 1 aliphatic heterocycles. The lowest BCUT2D eigenvalue weighted by Crippen LogP contribution is -2.51. The van der Waals surface area contributed by atoms with E-state index in [2.05, 4.69) is 10.2 Å². The zero-order chi connectivity index (χ0) is 13.3. The van der Waals surface area contributed by atoms with Gasteiger partial charge < -0.3 is 16.0 Å². The van der Waals surface area contributed by atoms with Crippen LogP contribution in [0.2, 0.25) is 0 Å². The highest BCUT2D eigenvalue weighted by Gasteiger charge is 2.41. The number of amides is 1. The lowest BCUT2D eigenvalue weighted by atomic mass is 9.84. The molecule has 4 nitrogen and oxygen atoms in total. The standard InChI is InChI=1S/C15H27N3O/c16-11-15(7-1-2-8-15)14(19)17-12-5-9-18(10-6-12)13-3-4-13/h12-13H,1-11,16H2,(H,17,19). The average molecular weight is 265 g/mol. The molecule has 3 fully saturated rings. The van der Waals surface area contributed by atoms with Crippen LogP contribution in [0.3, 0.4) is 0 Å². The smallest absolute Gasteiger partial charge is 0.227 e. The lowest BCUT2D eigenvalue weighted by Gasteiger charge is -2.35. The third kappa shape index (κ3) is 2.79. The second kappa shape index (κ2) is 5.41. The van der Waals surface area contributed by atoms with Crippen molar-refractivity contribution in [2.45, 2.75) is 63.5 Å². The van der Waals surface area contributed by atoms with Crippen molar-refractivity contribution >= 4 is 5.91 Å². The summed E-state index contributed by atoms with van der Waals surface area (Å²) in [6.45, 7) is 2.83. The number of nitrogens with two attached hydrogens (primary N) is 1. The van der Waals surface area contributed by atoms with E-state index in [-0.39, 0.29) is 11.3 Å². The van der Waals surface area contributed by atoms with Crippen LogP contribution in [0.5, 0.6) is 0 Å². The molecule has 2 aliphatic carbocycles. The van der Waals surface area contributed by atoms with Crippen LogP contribution in [0.1, 0.15) is 51.4 Å². The van der Waals surface area contributed by atoms with Gasteiger partial charge in [0.2, 0.25) is 5.91 Å². The molecule has 2 saturated carbocycles. The first-order valence-corrected chi connectivity index (χ1v) is 7.99. The quantitative estimate of drug-likeness (QED) is 0.804. The summed E-state index contributed by atoms with van der Waals surface area (Å²) in [4.78, 5) is 15.1. The summed E-state index contributed by atoms with van der Waals surface area (Å²) in [7, 11) is 0. The molecule has 1 amide bonds. The number of nitrogens with zero attached hydrogens (tertiary/aromatic N) is 1. The highest BCUT2D eigenvalue weighted by molar-refractivity contribution is 5.83. The molecule has 0 aromatic rings. The minimum absolute atomic E-state index is 0.234. The summed E-state index contributed by atoms with van der Waals surface area (Å²) in [5, 5.41) is 3.29. The van der Waals surface area contributed by atoms with Gasteiger partial charge in [-0.2, -0.15) is 0 Å². The van der Waals surface area contributed by atoms with Gasteiger partial charge in [-0.15, -0.1) is 0 Å². The van der Waals surface area contributed by atoms with E-state index >= 15 is 0 Å². The van der Waals surface area contributed by atoms with E-state index in [1.807, 2.05) is 0 Å². The Morgan fingerprint density at radius 2 is 1.79 bits per heavy atom. The number of hydrogen-bond donors (Lipinski definition) is 2. The number of piperidine rings is 1. The van der Waals surface area contributed by atoms with Gasteiger partial charge in [0.05, 0.1) is 5.41 Å². The molecule has 3 rings (SSSR count). The van der Waals surface area contributed by atoms with Crippen LogP contribution in [-0.2, 0) is 4.79 Å². The average Bonchev–Trinajstić information content (AvgIpc) is 3.17. The van der Waals surface area contributed by atoms with Crippen molar-refractivity contribution in [3.8, 4) is 0 Å². The minimum Gasteiger partial charge on any atom is -0.353 e. The largest absolute Gasteiger partial charge is 0.353 e. The topological polar surface area (TPSA) is 58.4 Å². The van der Waals surface area contributed by atoms with Crippen molar-refractivity contribution in [1.29, 1.82) is 0 Å². The monoisotopic (exact) mass is 265 g/mol. The molecule has 0 unspecified atom stereocenters. The first-order valence-electron chi connectivity index (χ1n) is 7.99. The molecule has 19 heavy (non-hydrogen) atoms. The van der Waals surface area contributed by atoms with Gasteiger partial charge in [-0.25, -0.2) is 0 Å². The molecule has 1 heterocycles. The van der Waals surface area contributed by atoms with Gasteiger partial charge in [0.25, 0.3) is 0 Å². The summed E-state index contributed by atoms with van der Waals surface area (Å²) < 4.78 is 0. The van der Waals surface area contributed by atoms with E-state index in [0.717, 1.165) is 57.7 Å². The maximum absolute atomic E-state index is 12.5. The zero-order valence-electron chi connectivity index (χ0n) is 11.9. The van der Waals surface area contributed by atoms with Gasteiger partial charge in [-0.1, -0.05) is 12.8 Å². The van der Waals surface area contributed by atoms with Gasteiger partial charge in [0, 0.05) is 31.7 Å². The van der Waals surface area contributed by atoms with Crippen molar-refractivity contribution in [1.82, 2.24) is 10.2 Å². The fourth-order valence-electron chi connectivity index (χ4n) is 3.76. The molecule has 4 heteroatoms. The normalized spacial score (nSPS) is 28.5. The summed E-state index contributed by atoms with van der Waals surface area (Å²) >= 11 is 0. The first-order chi connectivity index (χ1) is 9.23. The Morgan fingerprint density at radius 3 is 2.32 bits per heavy atom. The third-order valence-corrected chi connectivity index (χ3v) is 5.36. The van der Waals surface area contributed by atoms with Crippen molar-refractivity contribution in [3.63, 3.8) is 0 Å². The van der Waals surface area contributed by atoms with E-state index in [9.17, 15) is 4.79 Å². The summed E-state index contributed by atoms with van der Waals surface area (Å²) in [5.41, 5.74) is 5.63. The van der Waals surface area contributed by atoms with Gasteiger partial charge in [0.15, 0.2) is 0 Å². The predicted octanol–water partition coefficient (Wildman–Crippen LogP) is 1.25. The van der Waals surface area contributed by atoms with Gasteiger partial charge >= 0.3 is 0 Å². The molecule has 0 aromatic carbocycles. The number of carbonyl (C=O) groups excluding carboxylic acids is 1. The number of carbonyl (C=O) groups is 1. The molecule has 0 aromatic heterocycles. The molecular formula is C15H27N3O. The van der Waals surface area contributed by atoms with Crippen molar-refractivity contribution in [2.24, 2.45) is 11.1 Å². The molecule has 108 valence electrons. The molecule has 3 N–H and O–H groups in total. The third-order valence-electron chi connectivity index (χ3n) is 5.36. The first kappa shape index (κ1) is 13.4. The van der Waals surface area contributed by atoms with Crippen LogP contribution < -0.4 is 11.1 Å². The highest BCUT2D eigenvalue weighted by Crippen LogP contribution is 2.37. The summed E-state index contributed by atoms with van der Waals surface area (Å²) in [5.74, 6) is 0.234. The maximum Gasteiger partial charge on any atom is 0.227 e. The second-order valence-electron chi connectivity index (χ2n) is 6.71. The Balaban J connectivity index is 1.49. The van der Waals surface area contributed by atoms with Crippen LogP contribution in [0, 0.1) is 5.41 Å². The molecule has 3 aliphatic rings. The van der Waals surface area contributed by atoms with Crippen LogP contribution >= 0.6 is 0 Å². The summed E-state index contributed by atoms with van der Waals surface area (Å²) in [6.07, 6.45) is 9.27. The highest BCUT2D eigenvalue weighted by atomic mass is 16.2. The molecule has 0 spiro atoms. The Bertz CT molecular complexity index is 326. The van der Waals surface area contributed by atoms with Crippen LogP contribution in [0.15, 0.2) is 0 Å². The number of nitrogens with one attached hydrogen (secondary N) is 1. The summed E-state index contributed by atoms with van der Waals surface area (Å²) in [6, 6.07) is 1.24. The SMILES string of the molecule is NCC1(C(=O)NC2CCN(C3CC3)CC2)CCCC1. The van der Waals surface area contributed by atoms with Gasteiger partial charge in [-0.3, -0.25) is 4.79 Å². The Kier molecular flexibility index (Phi) is 3.81. The molecule has 1 saturated heterocycles. The van der Waals surface area contributed by atoms with Crippen LogP contribution in [0.25, 0.3) is 0 Å². The number of hydrogen-bond acceptors (Lipinski definition) is 3. The fourth-order valence-corrected chi connectivity index (χ4v) is 3.76. The lowest BCUT2D eigenvalue weighted by molar-refractivity contribution is -0.131. The van der Waals surface area contributed by atoms with Gasteiger partial charge in [-0.05, 0) is 38.5 Å². The Labute approximate surface area is 116 Å². The van der Waals surface area contributed by atoms with Crippen LogP contribution in [-0.4, -0.2) is 42.5 Å². The zero-order valence-corrected chi connectivity index (χ0v) is 11.9. The predicted molar refractivity (Wildman–Crippen MR) is 75.7 cm³/mol. The second-order valence-corrected chi connectivity index (χ2v) is 6.71. The molecule has 0 radical (unpaired) electrons. The van der Waals surface area contributed by atoms with E-state index in [0.29, 0.717) is 12.6 Å². The van der Waals surface area contributed by atoms with E-state index in [4.69, 9.17) is 5.73 Å². The Morgan fingerprint density at radius 1 is 1.16 bits per heavy atom. The van der Waals surface area contributed by atoms with Crippen molar-refractivity contribution in [2.75, 3.05) is 19.6 Å². The van der Waals surface area contributed by atoms with E-state index < -0.39 is 0 Å². The fraction of sp³-hybridized carbons (Fsp3) is 0.933. The number of likely N-dealkylation sites (tertiary alicyclic amines) is 1. The Hall–Kier alpha value is -0.610. The van der Waals surface area contributed by atoms with Crippen LogP contribution in [0.4, 0.5) is 0 Å². The van der Waals surface area contributed by atoms with E-state index in [1.165, 1.54) is 12.8 Å². The molecular weight excluding hydrogens is 238 g/mol. The minimum atomic E-state index is -0.242. The van der Waals surface area contributed by atoms with E-state index in [1.54, 1.807) is 0 Å². The van der Waals surface area contributed by atoms with Gasteiger partial charge in [0.1, 0.15) is 0 Å². The molecule has 0 bridgehead atoms. The molecule has 0 atom stereocenters. The number of rotatable bonds is 4. The maximum atomic E-state index is 12.5. The van der Waals surface area contributed by atoms with Crippen molar-refractivity contribution in [3.05, 3.63) is 0 Å². The van der Waals surface area contributed by atoms with Crippen molar-refractivity contribution < 1.29 is 4.79 Å².